The summed E-state index contributed by atoms with van der Waals surface area (Å²) in [6.07, 6.45) is 2.04. The third-order valence-electron chi connectivity index (χ3n) is 4.64. The van der Waals surface area contributed by atoms with E-state index in [2.05, 4.69) is 4.98 Å². The van der Waals surface area contributed by atoms with Crippen LogP contribution in [0.5, 0.6) is 5.75 Å². The Morgan fingerprint density at radius 1 is 1.21 bits per heavy atom. The van der Waals surface area contributed by atoms with Crippen molar-refractivity contribution in [3.63, 3.8) is 0 Å². The number of benzene rings is 2. The smallest absolute Gasteiger partial charge is 0.273 e. The monoisotopic (exact) mass is 416 g/mol. The average molecular weight is 417 g/mol. The predicted molar refractivity (Wildman–Crippen MR) is 108 cm³/mol. The Morgan fingerprint density at radius 3 is 2.75 bits per heavy atom. The van der Waals surface area contributed by atoms with Gasteiger partial charge in [-0.05, 0) is 31.0 Å². The maximum Gasteiger partial charge on any atom is 0.273 e. The number of likely N-dealkylation sites (tertiary alicyclic amines) is 1. The fourth-order valence-electron chi connectivity index (χ4n) is 3.11. The Balaban J connectivity index is 1.47. The molecule has 1 aliphatic rings. The van der Waals surface area contributed by atoms with Gasteiger partial charge in [-0.2, -0.15) is 0 Å². The van der Waals surface area contributed by atoms with E-state index in [4.69, 9.17) is 16.3 Å². The highest BCUT2D eigenvalue weighted by Gasteiger charge is 2.22. The van der Waals surface area contributed by atoms with Crippen molar-refractivity contribution in [3.8, 4) is 16.3 Å². The van der Waals surface area contributed by atoms with Crippen LogP contribution in [0, 0.1) is 5.82 Å². The molecule has 1 aromatic heterocycles. The molecule has 2 heterocycles. The molecule has 1 fully saturated rings. The molecular formula is C21H18ClFN2O2S. The number of halogens is 2. The van der Waals surface area contributed by atoms with Crippen molar-refractivity contribution >= 4 is 28.8 Å². The molecule has 1 saturated heterocycles. The van der Waals surface area contributed by atoms with Crippen LogP contribution in [0.25, 0.3) is 10.6 Å². The molecule has 7 heteroatoms. The zero-order valence-electron chi connectivity index (χ0n) is 15.0. The molecule has 0 atom stereocenters. The fraction of sp³-hybridized carbons (Fsp3) is 0.238. The molecule has 0 radical (unpaired) electrons. The minimum Gasteiger partial charge on any atom is -0.489 e. The molecule has 0 unspecified atom stereocenters. The number of hydrogen-bond acceptors (Lipinski definition) is 4. The lowest BCUT2D eigenvalue weighted by molar-refractivity contribution is 0.0788. The lowest BCUT2D eigenvalue weighted by Gasteiger charge is -2.12. The van der Waals surface area contributed by atoms with E-state index in [1.807, 2.05) is 18.2 Å². The van der Waals surface area contributed by atoms with E-state index < -0.39 is 5.82 Å². The zero-order valence-corrected chi connectivity index (χ0v) is 16.6. The zero-order chi connectivity index (χ0) is 19.5. The Bertz CT molecular complexity index is 1000. The Morgan fingerprint density at radius 2 is 2.00 bits per heavy atom. The second-order valence-electron chi connectivity index (χ2n) is 6.56. The Labute approximate surface area is 171 Å². The highest BCUT2D eigenvalue weighted by atomic mass is 35.5. The van der Waals surface area contributed by atoms with Crippen LogP contribution in [-0.2, 0) is 6.61 Å². The van der Waals surface area contributed by atoms with Gasteiger partial charge in [0.1, 0.15) is 28.9 Å². The number of amides is 1. The molecule has 1 aliphatic heterocycles. The summed E-state index contributed by atoms with van der Waals surface area (Å²) < 4.78 is 20.3. The van der Waals surface area contributed by atoms with E-state index in [1.54, 1.807) is 28.5 Å². The van der Waals surface area contributed by atoms with Crippen molar-refractivity contribution in [2.75, 3.05) is 13.1 Å². The predicted octanol–water partition coefficient (Wildman–Crippen LogP) is 5.42. The summed E-state index contributed by atoms with van der Waals surface area (Å²) >= 11 is 7.38. The molecule has 0 bridgehead atoms. The molecule has 144 valence electrons. The normalized spacial score (nSPS) is 13.7. The molecule has 2 aromatic carbocycles. The first kappa shape index (κ1) is 18.9. The standard InChI is InChI=1S/C21H18ClFN2O2S/c22-17-6-2-1-5-14(17)12-27-15-7-8-16(18(23)11-15)20-24-19(13-28-20)21(26)25-9-3-4-10-25/h1-2,5-8,11,13H,3-4,9-10,12H2. The van der Waals surface area contributed by atoms with Crippen molar-refractivity contribution in [1.29, 1.82) is 0 Å². The van der Waals surface area contributed by atoms with E-state index in [-0.39, 0.29) is 12.5 Å². The third kappa shape index (κ3) is 4.03. The summed E-state index contributed by atoms with van der Waals surface area (Å²) in [5.74, 6) is -0.114. The van der Waals surface area contributed by atoms with Crippen LogP contribution in [0.3, 0.4) is 0 Å². The van der Waals surface area contributed by atoms with E-state index in [9.17, 15) is 9.18 Å². The highest BCUT2D eigenvalue weighted by molar-refractivity contribution is 7.13. The average Bonchev–Trinajstić information content (AvgIpc) is 3.39. The number of carbonyl (C=O) groups excluding carboxylic acids is 1. The summed E-state index contributed by atoms with van der Waals surface area (Å²) in [5, 5.41) is 2.78. The van der Waals surface area contributed by atoms with Crippen molar-refractivity contribution in [2.45, 2.75) is 19.4 Å². The first-order valence-corrected chi connectivity index (χ1v) is 10.3. The van der Waals surface area contributed by atoms with E-state index >= 15 is 0 Å². The van der Waals surface area contributed by atoms with Gasteiger partial charge in [-0.25, -0.2) is 9.37 Å². The van der Waals surface area contributed by atoms with Crippen molar-refractivity contribution in [2.24, 2.45) is 0 Å². The number of ether oxygens (including phenoxy) is 1. The van der Waals surface area contributed by atoms with E-state index in [1.165, 1.54) is 17.4 Å². The molecule has 0 saturated carbocycles. The van der Waals surface area contributed by atoms with Crippen LogP contribution in [0.1, 0.15) is 28.9 Å². The van der Waals surface area contributed by atoms with Gasteiger partial charge in [-0.1, -0.05) is 29.8 Å². The van der Waals surface area contributed by atoms with Gasteiger partial charge < -0.3 is 9.64 Å². The number of nitrogens with zero attached hydrogens (tertiary/aromatic N) is 2. The van der Waals surface area contributed by atoms with E-state index in [0.717, 1.165) is 31.5 Å². The van der Waals surface area contributed by atoms with Crippen LogP contribution in [0.4, 0.5) is 4.39 Å². The second-order valence-corrected chi connectivity index (χ2v) is 7.82. The number of hydrogen-bond donors (Lipinski definition) is 0. The molecule has 4 nitrogen and oxygen atoms in total. The molecule has 0 N–H and O–H groups in total. The minimum absolute atomic E-state index is 0.0832. The van der Waals surface area contributed by atoms with Crippen LogP contribution in [-0.4, -0.2) is 28.9 Å². The number of carbonyl (C=O) groups is 1. The van der Waals surface area contributed by atoms with Gasteiger partial charge in [0.15, 0.2) is 0 Å². The topological polar surface area (TPSA) is 42.4 Å². The molecule has 3 aromatic rings. The van der Waals surface area contributed by atoms with Crippen LogP contribution >= 0.6 is 22.9 Å². The first-order chi connectivity index (χ1) is 13.6. The van der Waals surface area contributed by atoms with Crippen molar-refractivity contribution < 1.29 is 13.9 Å². The maximum atomic E-state index is 14.6. The SMILES string of the molecule is O=C(c1csc(-c2ccc(OCc3ccccc3Cl)cc2F)n1)N1CCCC1. The highest BCUT2D eigenvalue weighted by Crippen LogP contribution is 2.30. The Kier molecular flexibility index (Phi) is 5.59. The molecule has 1 amide bonds. The van der Waals surface area contributed by atoms with Crippen molar-refractivity contribution in [3.05, 3.63) is 69.9 Å². The summed E-state index contributed by atoms with van der Waals surface area (Å²) in [6.45, 7) is 1.78. The van der Waals surface area contributed by atoms with Gasteiger partial charge in [-0.3, -0.25) is 4.79 Å². The fourth-order valence-corrected chi connectivity index (χ4v) is 4.12. The van der Waals surface area contributed by atoms with Gasteiger partial charge in [0.2, 0.25) is 0 Å². The summed E-state index contributed by atoms with van der Waals surface area (Å²) in [7, 11) is 0. The minimum atomic E-state index is -0.439. The van der Waals surface area contributed by atoms with Gasteiger partial charge >= 0.3 is 0 Å². The van der Waals surface area contributed by atoms with Crippen LogP contribution in [0.2, 0.25) is 5.02 Å². The number of thiazole rings is 1. The van der Waals surface area contributed by atoms with Crippen LogP contribution < -0.4 is 4.74 Å². The molecule has 4 rings (SSSR count). The summed E-state index contributed by atoms with van der Waals surface area (Å²) in [4.78, 5) is 18.6. The third-order valence-corrected chi connectivity index (χ3v) is 5.88. The van der Waals surface area contributed by atoms with Gasteiger partial charge in [-0.15, -0.1) is 11.3 Å². The van der Waals surface area contributed by atoms with Gasteiger partial charge in [0, 0.05) is 40.7 Å². The quantitative estimate of drug-likeness (QED) is 0.557. The molecular weight excluding hydrogens is 399 g/mol. The van der Waals surface area contributed by atoms with Gasteiger partial charge in [0.05, 0.1) is 0 Å². The van der Waals surface area contributed by atoms with Crippen LogP contribution in [0.15, 0.2) is 47.8 Å². The summed E-state index contributed by atoms with van der Waals surface area (Å²) in [5.41, 5.74) is 1.56. The molecule has 0 aliphatic carbocycles. The van der Waals surface area contributed by atoms with Gasteiger partial charge in [0.25, 0.3) is 5.91 Å². The largest absolute Gasteiger partial charge is 0.489 e. The molecule has 28 heavy (non-hydrogen) atoms. The second kappa shape index (κ2) is 8.29. The van der Waals surface area contributed by atoms with E-state index in [0.29, 0.717) is 27.0 Å². The molecule has 0 spiro atoms. The lowest BCUT2D eigenvalue weighted by atomic mass is 10.2. The number of rotatable bonds is 5. The first-order valence-electron chi connectivity index (χ1n) is 9.03. The lowest BCUT2D eigenvalue weighted by Crippen LogP contribution is -2.27. The summed E-state index contributed by atoms with van der Waals surface area (Å²) in [6, 6.07) is 12.0. The maximum absolute atomic E-state index is 14.6. The van der Waals surface area contributed by atoms with Crippen molar-refractivity contribution in [1.82, 2.24) is 9.88 Å². The number of aromatic nitrogens is 1. The Hall–Kier alpha value is -2.44.